The van der Waals surface area contributed by atoms with Crippen LogP contribution in [0.4, 0.5) is 11.4 Å². The first-order valence-corrected chi connectivity index (χ1v) is 8.90. The molecule has 1 unspecified atom stereocenters. The Hall–Kier alpha value is -2.64. The lowest BCUT2D eigenvalue weighted by atomic mass is 10.2. The van der Waals surface area contributed by atoms with E-state index in [1.807, 2.05) is 13.0 Å². The first-order chi connectivity index (χ1) is 13.3. The highest BCUT2D eigenvalue weighted by Gasteiger charge is 2.32. The number of hydrogen-bond donors (Lipinski definition) is 0. The Bertz CT molecular complexity index is 896. The summed E-state index contributed by atoms with van der Waals surface area (Å²) in [4.78, 5) is 24.9. The van der Waals surface area contributed by atoms with Crippen molar-refractivity contribution in [2.24, 2.45) is 10.2 Å². The highest BCUT2D eigenvalue weighted by molar-refractivity contribution is 6.40. The molecular weight excluding hydrogens is 405 g/mol. The number of ether oxygens (including phenoxy) is 2. The number of para-hydroxylation sites is 1. The maximum Gasteiger partial charge on any atom is 0.276 e. The van der Waals surface area contributed by atoms with Gasteiger partial charge in [0.25, 0.3) is 5.91 Å². The zero-order valence-electron chi connectivity index (χ0n) is 15.8. The number of amides is 1. The van der Waals surface area contributed by atoms with Crippen molar-refractivity contribution >= 4 is 46.4 Å². The largest absolute Gasteiger partial charge is 0.494 e. The lowest BCUT2D eigenvalue weighted by Crippen LogP contribution is -2.36. The quantitative estimate of drug-likeness (QED) is 0.360. The second-order valence-electron chi connectivity index (χ2n) is 5.77. The summed E-state index contributed by atoms with van der Waals surface area (Å²) in [6.45, 7) is 3.03. The SMILES string of the molecule is COc1cccc(OC)c1N(Cl)C(=O)C(N=Nc1cccc(C)c1Cl)C(C)=O. The Kier molecular flexibility index (Phi) is 7.37. The molecule has 0 saturated heterocycles. The number of ketones is 1. The molecule has 0 aliphatic rings. The Morgan fingerprint density at radius 3 is 2.18 bits per heavy atom. The van der Waals surface area contributed by atoms with Gasteiger partial charge < -0.3 is 9.47 Å². The molecule has 2 rings (SSSR count). The number of benzene rings is 2. The van der Waals surface area contributed by atoms with Gasteiger partial charge in [0.2, 0.25) is 6.04 Å². The molecule has 0 heterocycles. The first kappa shape index (κ1) is 21.7. The summed E-state index contributed by atoms with van der Waals surface area (Å²) < 4.78 is 11.2. The van der Waals surface area contributed by atoms with Gasteiger partial charge >= 0.3 is 0 Å². The van der Waals surface area contributed by atoms with Crippen LogP contribution < -0.4 is 13.9 Å². The van der Waals surface area contributed by atoms with E-state index in [9.17, 15) is 9.59 Å². The molecule has 0 saturated carbocycles. The standard InChI is InChI=1S/C19H19Cl2N3O4/c1-11-7-5-8-13(16(11)20)22-23-17(12(2)25)19(26)24(21)18-14(27-3)9-6-10-15(18)28-4/h5-10,17H,1-4H3. The summed E-state index contributed by atoms with van der Waals surface area (Å²) in [6.07, 6.45) is 0. The van der Waals surface area contributed by atoms with Crippen LogP contribution in [0, 0.1) is 6.92 Å². The minimum Gasteiger partial charge on any atom is -0.494 e. The lowest BCUT2D eigenvalue weighted by molar-refractivity contribution is -0.126. The van der Waals surface area contributed by atoms with E-state index in [0.29, 0.717) is 22.2 Å². The van der Waals surface area contributed by atoms with Gasteiger partial charge in [-0.1, -0.05) is 29.8 Å². The maximum absolute atomic E-state index is 12.9. The molecule has 0 aromatic heterocycles. The van der Waals surface area contributed by atoms with Crippen LogP contribution >= 0.6 is 23.4 Å². The number of methoxy groups -OCH3 is 2. The normalized spacial score (nSPS) is 11.9. The highest BCUT2D eigenvalue weighted by Crippen LogP contribution is 2.39. The van der Waals surface area contributed by atoms with Crippen molar-refractivity contribution in [3.63, 3.8) is 0 Å². The van der Waals surface area contributed by atoms with Gasteiger partial charge in [-0.05, 0) is 37.6 Å². The number of anilines is 1. The molecule has 1 atom stereocenters. The third kappa shape index (κ3) is 4.61. The fourth-order valence-electron chi connectivity index (χ4n) is 2.38. The molecule has 0 aliphatic carbocycles. The average molecular weight is 424 g/mol. The average Bonchev–Trinajstić information content (AvgIpc) is 2.69. The summed E-state index contributed by atoms with van der Waals surface area (Å²) in [7, 11) is 2.85. The van der Waals surface area contributed by atoms with Gasteiger partial charge in [0.05, 0.1) is 19.2 Å². The number of hydrogen-bond acceptors (Lipinski definition) is 6. The molecule has 28 heavy (non-hydrogen) atoms. The van der Waals surface area contributed by atoms with E-state index in [0.717, 1.165) is 9.98 Å². The molecule has 0 aliphatic heterocycles. The van der Waals surface area contributed by atoms with Crippen molar-refractivity contribution < 1.29 is 19.1 Å². The van der Waals surface area contributed by atoms with Crippen molar-refractivity contribution in [1.29, 1.82) is 0 Å². The Balaban J connectivity index is 2.39. The molecule has 2 aromatic rings. The fraction of sp³-hybridized carbons (Fsp3) is 0.263. The first-order valence-electron chi connectivity index (χ1n) is 8.19. The Morgan fingerprint density at radius 1 is 1.07 bits per heavy atom. The molecular formula is C19H19Cl2N3O4. The second-order valence-corrected chi connectivity index (χ2v) is 6.48. The Morgan fingerprint density at radius 2 is 1.64 bits per heavy atom. The number of rotatable bonds is 7. The van der Waals surface area contributed by atoms with Crippen molar-refractivity contribution in [3.8, 4) is 11.5 Å². The molecule has 2 aromatic carbocycles. The van der Waals surface area contributed by atoms with Gasteiger partial charge in [-0.25, -0.2) is 4.42 Å². The van der Waals surface area contributed by atoms with Crippen molar-refractivity contribution in [3.05, 3.63) is 47.0 Å². The summed E-state index contributed by atoms with van der Waals surface area (Å²) >= 11 is 12.4. The van der Waals surface area contributed by atoms with Crippen LogP contribution in [0.15, 0.2) is 46.6 Å². The van der Waals surface area contributed by atoms with E-state index in [1.165, 1.54) is 21.1 Å². The zero-order chi connectivity index (χ0) is 20.8. The van der Waals surface area contributed by atoms with E-state index in [1.54, 1.807) is 30.3 Å². The molecule has 0 bridgehead atoms. The Labute approximate surface area is 173 Å². The van der Waals surface area contributed by atoms with Gasteiger partial charge in [0.1, 0.15) is 22.9 Å². The van der Waals surface area contributed by atoms with E-state index >= 15 is 0 Å². The summed E-state index contributed by atoms with van der Waals surface area (Å²) in [6, 6.07) is 8.62. The number of nitrogens with zero attached hydrogens (tertiary/aromatic N) is 3. The number of Topliss-reactive ketones (excluding diaryl/α,β-unsaturated/α-hetero) is 1. The minimum absolute atomic E-state index is 0.161. The van der Waals surface area contributed by atoms with Crippen LogP contribution in [0.2, 0.25) is 5.02 Å². The van der Waals surface area contributed by atoms with Gasteiger partial charge in [0.15, 0.2) is 5.78 Å². The van der Waals surface area contributed by atoms with Crippen LogP contribution in [0.25, 0.3) is 0 Å². The molecule has 0 N–H and O–H groups in total. The summed E-state index contributed by atoms with van der Waals surface area (Å²) in [5, 5.41) is 8.25. The van der Waals surface area contributed by atoms with Crippen LogP contribution in [-0.4, -0.2) is 32.0 Å². The number of carbonyl (C=O) groups excluding carboxylic acids is 2. The number of aryl methyl sites for hydroxylation is 1. The predicted molar refractivity (Wildman–Crippen MR) is 108 cm³/mol. The van der Waals surface area contributed by atoms with E-state index in [2.05, 4.69) is 10.2 Å². The topological polar surface area (TPSA) is 80.6 Å². The maximum atomic E-state index is 12.9. The second kappa shape index (κ2) is 9.52. The molecule has 1 amide bonds. The van der Waals surface area contributed by atoms with E-state index < -0.39 is 17.7 Å². The van der Waals surface area contributed by atoms with Crippen molar-refractivity contribution in [1.82, 2.24) is 0 Å². The molecule has 7 nitrogen and oxygen atoms in total. The van der Waals surface area contributed by atoms with Gasteiger partial charge in [-0.2, -0.15) is 10.2 Å². The van der Waals surface area contributed by atoms with Crippen molar-refractivity contribution in [2.45, 2.75) is 19.9 Å². The highest BCUT2D eigenvalue weighted by atomic mass is 35.5. The van der Waals surface area contributed by atoms with Gasteiger partial charge in [-0.3, -0.25) is 9.59 Å². The van der Waals surface area contributed by atoms with Crippen LogP contribution in [0.3, 0.4) is 0 Å². The van der Waals surface area contributed by atoms with Crippen LogP contribution in [-0.2, 0) is 9.59 Å². The predicted octanol–water partition coefficient (Wildman–Crippen LogP) is 4.89. The number of halogens is 2. The van der Waals surface area contributed by atoms with Gasteiger partial charge in [0, 0.05) is 11.8 Å². The minimum atomic E-state index is -1.45. The zero-order valence-corrected chi connectivity index (χ0v) is 17.3. The van der Waals surface area contributed by atoms with E-state index in [-0.39, 0.29) is 5.69 Å². The molecule has 9 heteroatoms. The summed E-state index contributed by atoms with van der Waals surface area (Å²) in [5.41, 5.74) is 1.30. The molecule has 0 spiro atoms. The molecule has 148 valence electrons. The third-order valence-electron chi connectivity index (χ3n) is 3.86. The van der Waals surface area contributed by atoms with E-state index in [4.69, 9.17) is 32.9 Å². The monoisotopic (exact) mass is 423 g/mol. The summed E-state index contributed by atoms with van der Waals surface area (Å²) in [5.74, 6) is -0.742. The van der Waals surface area contributed by atoms with Gasteiger partial charge in [-0.15, -0.1) is 0 Å². The third-order valence-corrected chi connectivity index (χ3v) is 4.69. The lowest BCUT2D eigenvalue weighted by Gasteiger charge is -2.21. The van der Waals surface area contributed by atoms with Crippen LogP contribution in [0.5, 0.6) is 11.5 Å². The molecule has 0 radical (unpaired) electrons. The number of azo groups is 1. The van der Waals surface area contributed by atoms with Crippen LogP contribution in [0.1, 0.15) is 12.5 Å². The fourth-order valence-corrected chi connectivity index (χ4v) is 2.80. The number of carbonyl (C=O) groups is 2. The molecule has 0 fully saturated rings. The van der Waals surface area contributed by atoms with Crippen molar-refractivity contribution in [2.75, 3.05) is 18.6 Å². The smallest absolute Gasteiger partial charge is 0.276 e.